The number of Topliss-reactive ketones (excluding diaryl/α,β-unsaturated/α-hetero) is 1. The smallest absolute Gasteiger partial charge is 0.242 e. The van der Waals surface area contributed by atoms with E-state index in [2.05, 4.69) is 0 Å². The van der Waals surface area contributed by atoms with Crippen LogP contribution >= 0.6 is 23.5 Å². The van der Waals surface area contributed by atoms with Crippen LogP contribution in [0.25, 0.3) is 0 Å². The summed E-state index contributed by atoms with van der Waals surface area (Å²) in [6, 6.07) is 23.0. The van der Waals surface area contributed by atoms with Crippen LogP contribution in [-0.4, -0.2) is 59.4 Å². The van der Waals surface area contributed by atoms with Crippen molar-refractivity contribution < 1.29 is 26.0 Å². The second-order valence-electron chi connectivity index (χ2n) is 10.3. The van der Waals surface area contributed by atoms with Gasteiger partial charge in [-0.05, 0) is 84.3 Å². The monoisotopic (exact) mass is 656 g/mol. The van der Waals surface area contributed by atoms with Crippen molar-refractivity contribution in [2.45, 2.75) is 41.7 Å². The number of sulfonamides is 2. The van der Waals surface area contributed by atoms with Crippen LogP contribution in [0.4, 0.5) is 4.39 Å². The lowest BCUT2D eigenvalue weighted by atomic mass is 9.85. The molecule has 0 saturated carbocycles. The lowest BCUT2D eigenvalue weighted by Gasteiger charge is -2.21. The molecule has 0 saturated heterocycles. The van der Waals surface area contributed by atoms with Crippen molar-refractivity contribution in [1.29, 1.82) is 0 Å². The lowest BCUT2D eigenvalue weighted by Crippen LogP contribution is -2.23. The van der Waals surface area contributed by atoms with Crippen molar-refractivity contribution in [3.8, 4) is 0 Å². The highest BCUT2D eigenvalue weighted by Crippen LogP contribution is 2.45. The van der Waals surface area contributed by atoms with E-state index in [4.69, 9.17) is 0 Å². The predicted molar refractivity (Wildman–Crippen MR) is 166 cm³/mol. The number of rotatable bonds is 8. The second-order valence-corrected chi connectivity index (χ2v) is 16.8. The molecule has 0 fully saturated rings. The number of halogens is 1. The Morgan fingerprint density at radius 3 is 2.05 bits per heavy atom. The van der Waals surface area contributed by atoms with Gasteiger partial charge < -0.3 is 0 Å². The molecular formula is C31H29FN2O5S4. The Kier molecular flexibility index (Phi) is 8.90. The Morgan fingerprint density at radius 2 is 1.40 bits per heavy atom. The number of hydrogen-bond acceptors (Lipinski definition) is 7. The van der Waals surface area contributed by atoms with Gasteiger partial charge in [0.25, 0.3) is 0 Å². The highest BCUT2D eigenvalue weighted by atomic mass is 32.2. The van der Waals surface area contributed by atoms with Crippen molar-refractivity contribution >= 4 is 49.4 Å². The van der Waals surface area contributed by atoms with Crippen molar-refractivity contribution in [2.75, 3.05) is 28.2 Å². The van der Waals surface area contributed by atoms with Gasteiger partial charge in [-0.1, -0.05) is 41.7 Å². The normalized spacial score (nSPS) is 15.3. The van der Waals surface area contributed by atoms with Crippen molar-refractivity contribution in [3.63, 3.8) is 0 Å². The third kappa shape index (κ3) is 6.31. The molecule has 43 heavy (non-hydrogen) atoms. The predicted octanol–water partition coefficient (Wildman–Crippen LogP) is 6.15. The number of carbonyl (C=O) groups is 1. The van der Waals surface area contributed by atoms with E-state index in [0.717, 1.165) is 18.4 Å². The lowest BCUT2D eigenvalue weighted by molar-refractivity contribution is 0.0955. The quantitative estimate of drug-likeness (QED) is 0.225. The van der Waals surface area contributed by atoms with Gasteiger partial charge in [-0.25, -0.2) is 29.8 Å². The molecule has 0 amide bonds. The average molecular weight is 657 g/mol. The molecule has 1 atom stereocenters. The molecule has 4 aromatic rings. The van der Waals surface area contributed by atoms with E-state index in [9.17, 15) is 26.0 Å². The number of benzene rings is 4. The average Bonchev–Trinajstić information content (AvgIpc) is 3.07. The third-order valence-electron chi connectivity index (χ3n) is 7.09. The topological polar surface area (TPSA) is 91.8 Å². The minimum Gasteiger partial charge on any atom is -0.293 e. The van der Waals surface area contributed by atoms with E-state index in [0.29, 0.717) is 26.5 Å². The molecule has 0 radical (unpaired) electrons. The van der Waals surface area contributed by atoms with Crippen LogP contribution in [0.5, 0.6) is 0 Å². The van der Waals surface area contributed by atoms with Gasteiger partial charge in [0, 0.05) is 53.3 Å². The largest absolute Gasteiger partial charge is 0.293 e. The molecule has 4 aromatic carbocycles. The number of carbonyl (C=O) groups excluding carboxylic acids is 1. The summed E-state index contributed by atoms with van der Waals surface area (Å²) in [7, 11) is -1.86. The summed E-state index contributed by atoms with van der Waals surface area (Å²) in [4.78, 5) is 17.1. The van der Waals surface area contributed by atoms with E-state index >= 15 is 0 Å². The van der Waals surface area contributed by atoms with Gasteiger partial charge in [-0.15, -0.1) is 0 Å². The van der Waals surface area contributed by atoms with Gasteiger partial charge in [0.15, 0.2) is 5.78 Å². The van der Waals surface area contributed by atoms with Crippen LogP contribution in [0.15, 0.2) is 114 Å². The maximum atomic E-state index is 14.3. The van der Waals surface area contributed by atoms with E-state index in [1.54, 1.807) is 24.3 Å². The van der Waals surface area contributed by atoms with Crippen LogP contribution in [0.1, 0.15) is 27.4 Å². The maximum absolute atomic E-state index is 14.3. The Balaban J connectivity index is 1.71. The first kappa shape index (κ1) is 31.4. The van der Waals surface area contributed by atoms with E-state index < -0.39 is 31.8 Å². The number of nitrogens with zero attached hydrogens (tertiary/aromatic N) is 2. The second kappa shape index (κ2) is 12.2. The number of fused-ring (bicyclic) bond motifs is 2. The minimum atomic E-state index is -3.83. The molecule has 0 aliphatic carbocycles. The van der Waals surface area contributed by atoms with Crippen molar-refractivity contribution in [3.05, 3.63) is 107 Å². The highest BCUT2D eigenvalue weighted by molar-refractivity contribution is 7.99. The molecule has 12 heteroatoms. The molecule has 0 aromatic heterocycles. The molecule has 0 unspecified atom stereocenters. The third-order valence-corrected chi connectivity index (χ3v) is 13.0. The summed E-state index contributed by atoms with van der Waals surface area (Å²) in [5, 5.41) is 0. The zero-order valence-corrected chi connectivity index (χ0v) is 27.1. The van der Waals surface area contributed by atoms with E-state index in [1.165, 1.54) is 82.0 Å². The fourth-order valence-corrected chi connectivity index (χ4v) is 8.71. The summed E-state index contributed by atoms with van der Waals surface area (Å²) in [5.41, 5.74) is 1.41. The summed E-state index contributed by atoms with van der Waals surface area (Å²) in [6.07, 6.45) is 0.0840. The van der Waals surface area contributed by atoms with Crippen LogP contribution in [0.2, 0.25) is 0 Å². The molecule has 0 N–H and O–H groups in total. The van der Waals surface area contributed by atoms with Crippen LogP contribution < -0.4 is 0 Å². The summed E-state index contributed by atoms with van der Waals surface area (Å²) in [6.45, 7) is 0. The minimum absolute atomic E-state index is 0.0228. The number of ketones is 1. The van der Waals surface area contributed by atoms with Gasteiger partial charge in [0.05, 0.1) is 15.7 Å². The number of hydrogen-bond donors (Lipinski definition) is 0. The fraction of sp³-hybridized carbons (Fsp3) is 0.194. The van der Waals surface area contributed by atoms with Crippen LogP contribution in [-0.2, 0) is 26.5 Å². The van der Waals surface area contributed by atoms with Gasteiger partial charge in [-0.2, -0.15) is 0 Å². The van der Waals surface area contributed by atoms with E-state index in [-0.39, 0.29) is 22.0 Å². The zero-order chi connectivity index (χ0) is 31.1. The molecule has 0 spiro atoms. The zero-order valence-electron chi connectivity index (χ0n) is 23.8. The molecule has 0 bridgehead atoms. The van der Waals surface area contributed by atoms with Crippen LogP contribution in [0.3, 0.4) is 0 Å². The first-order valence-corrected chi connectivity index (χ1v) is 17.7. The van der Waals surface area contributed by atoms with Gasteiger partial charge >= 0.3 is 0 Å². The Labute approximate surface area is 260 Å². The fourth-order valence-electron chi connectivity index (χ4n) is 4.72. The summed E-state index contributed by atoms with van der Waals surface area (Å²) < 4.78 is 69.0. The van der Waals surface area contributed by atoms with E-state index in [1.807, 2.05) is 30.3 Å². The molecule has 1 aliphatic heterocycles. The first-order chi connectivity index (χ1) is 20.3. The van der Waals surface area contributed by atoms with Gasteiger partial charge in [0.1, 0.15) is 5.82 Å². The van der Waals surface area contributed by atoms with Gasteiger partial charge in [-0.3, -0.25) is 4.79 Å². The summed E-state index contributed by atoms with van der Waals surface area (Å²) in [5.74, 6) is -1.68. The SMILES string of the molecule is CN(C)S(=O)(=O)c1ccc(Sc2ccccc2)c(C[C@H]2C(=O)c3ccc(F)cc3Sc3ccc(S(=O)(=O)N(C)C)cc32)c1. The highest BCUT2D eigenvalue weighted by Gasteiger charge is 2.33. The van der Waals surface area contributed by atoms with Crippen molar-refractivity contribution in [1.82, 2.24) is 8.61 Å². The first-order valence-electron chi connectivity index (χ1n) is 13.2. The molecular weight excluding hydrogens is 628 g/mol. The molecule has 5 rings (SSSR count). The molecule has 224 valence electrons. The maximum Gasteiger partial charge on any atom is 0.242 e. The van der Waals surface area contributed by atoms with Crippen LogP contribution in [0, 0.1) is 5.82 Å². The standard InChI is InChI=1S/C31H29FN2O5S4/c1-33(2)42(36,37)23-11-14-28(40-22-8-6-5-7-9-22)20(16-23)17-27-26-19-24(43(38,39)34(3)4)12-15-29(26)41-30-18-21(32)10-13-25(30)31(27)35/h5-16,18-19,27H,17H2,1-4H3/t27-/m1/s1. The van der Waals surface area contributed by atoms with Gasteiger partial charge in [0.2, 0.25) is 20.0 Å². The molecule has 1 heterocycles. The molecule has 7 nitrogen and oxygen atoms in total. The Bertz CT molecular complexity index is 1930. The summed E-state index contributed by atoms with van der Waals surface area (Å²) >= 11 is 2.64. The Morgan fingerprint density at radius 1 is 0.767 bits per heavy atom. The Hall–Kier alpha value is -3.00. The molecule has 1 aliphatic rings. The van der Waals surface area contributed by atoms with Crippen molar-refractivity contribution in [2.24, 2.45) is 0 Å².